The average Bonchev–Trinajstić information content (AvgIpc) is 1.63. The molecule has 0 amide bonds. The summed E-state index contributed by atoms with van der Waals surface area (Å²) in [4.78, 5) is 15.8. The van der Waals surface area contributed by atoms with Gasteiger partial charge < -0.3 is 0 Å². The van der Waals surface area contributed by atoms with Crippen LogP contribution in [0.4, 0.5) is 0 Å². The molecule has 0 aliphatic rings. The summed E-state index contributed by atoms with van der Waals surface area (Å²) >= 11 is 0. The molecule has 65 valence electrons. The van der Waals surface area contributed by atoms with Gasteiger partial charge in [0, 0.05) is 46.0 Å². The Kier molecular flexibility index (Phi) is 11.6. The van der Waals surface area contributed by atoms with Crippen molar-refractivity contribution in [2.75, 3.05) is 6.79 Å². The van der Waals surface area contributed by atoms with Gasteiger partial charge >= 0.3 is 16.5 Å². The van der Waals surface area contributed by atoms with Gasteiger partial charge in [0.05, 0.1) is 0 Å². The van der Waals surface area contributed by atoms with E-state index in [1.807, 2.05) is 0 Å². The minimum Gasteiger partial charge on any atom is -0.133 e. The fraction of sp³-hybridized carbons (Fsp3) is 1.00. The zero-order valence-corrected chi connectivity index (χ0v) is 7.97. The molecule has 10 heavy (non-hydrogen) atoms. The van der Waals surface area contributed by atoms with Crippen molar-refractivity contribution in [2.45, 2.75) is 0 Å². The van der Waals surface area contributed by atoms with Gasteiger partial charge in [0.15, 0.2) is 0 Å². The zero-order chi connectivity index (χ0) is 7.28. The van der Waals surface area contributed by atoms with Crippen molar-refractivity contribution in [3.8, 4) is 0 Å². The van der Waals surface area contributed by atoms with E-state index in [1.165, 1.54) is 0 Å². The molecule has 0 aromatic heterocycles. The molecule has 9 heteroatoms. The van der Waals surface area contributed by atoms with E-state index in [-0.39, 0.29) is 36.9 Å². The Morgan fingerprint density at radius 1 is 1.10 bits per heavy atom. The quantitative estimate of drug-likeness (QED) is 0.563. The Morgan fingerprint density at radius 2 is 1.40 bits per heavy atom. The number of hydrogen-bond acceptors (Lipinski definition) is 4. The van der Waals surface area contributed by atoms with Crippen LogP contribution in [0, 0.1) is 36.9 Å². The second kappa shape index (κ2) is 8.37. The monoisotopic (exact) mass is 343 g/mol. The molecule has 6 nitrogen and oxygen atoms in total. The van der Waals surface area contributed by atoms with Crippen LogP contribution in [-0.2, 0) is 18.2 Å². The maximum atomic E-state index is 9.65. The van der Waals surface area contributed by atoms with Crippen LogP contribution in [0.5, 0.6) is 0 Å². The first-order valence-electron chi connectivity index (χ1n) is 1.71. The SMILES string of the molecule is O=[P+](O)OCO[P+](=O)O.[Tm]. The van der Waals surface area contributed by atoms with Gasteiger partial charge in [0.2, 0.25) is 0 Å². The van der Waals surface area contributed by atoms with Crippen molar-refractivity contribution >= 4 is 16.5 Å². The van der Waals surface area contributed by atoms with E-state index in [2.05, 4.69) is 9.05 Å². The standard InChI is InChI=1S/CH2O6P2.Tm/c2-8(3)6-1-7-9(4)5;/h1H2;/p+2. The van der Waals surface area contributed by atoms with Gasteiger partial charge in [-0.2, -0.15) is 0 Å². The first-order valence-corrected chi connectivity index (χ1v) is 3.97. The van der Waals surface area contributed by atoms with Crippen LogP contribution in [0.1, 0.15) is 0 Å². The number of hydrogen-bond donors (Lipinski definition) is 2. The van der Waals surface area contributed by atoms with Crippen molar-refractivity contribution in [1.82, 2.24) is 0 Å². The summed E-state index contributed by atoms with van der Waals surface area (Å²) in [6.45, 7) is -0.655. The van der Waals surface area contributed by atoms with Crippen LogP contribution in [0.3, 0.4) is 0 Å². The van der Waals surface area contributed by atoms with E-state index < -0.39 is 23.3 Å². The molecule has 0 aromatic rings. The Bertz CT molecular complexity index is 111. The molecule has 0 fully saturated rings. The van der Waals surface area contributed by atoms with Gasteiger partial charge in [0.25, 0.3) is 6.79 Å². The number of rotatable bonds is 4. The molecule has 2 unspecified atom stereocenters. The Balaban J connectivity index is 0. The summed E-state index contributed by atoms with van der Waals surface area (Å²) in [5.41, 5.74) is 0. The first kappa shape index (κ1) is 13.8. The van der Waals surface area contributed by atoms with Gasteiger partial charge in [0.1, 0.15) is 0 Å². The zero-order valence-electron chi connectivity index (χ0n) is 4.41. The molecular formula is CH4O6P2Tm+2. The van der Waals surface area contributed by atoms with E-state index >= 15 is 0 Å². The molecule has 0 saturated heterocycles. The normalized spacial score (nSPS) is 11.8. The predicted octanol–water partition coefficient (Wildman–Crippen LogP) is 0.276. The van der Waals surface area contributed by atoms with Crippen molar-refractivity contribution < 1.29 is 64.8 Å². The van der Waals surface area contributed by atoms with Gasteiger partial charge in [-0.25, -0.2) is 0 Å². The third kappa shape index (κ3) is 12.0. The summed E-state index contributed by atoms with van der Waals surface area (Å²) in [6.07, 6.45) is 0. The Hall–Kier alpha value is 1.27. The van der Waals surface area contributed by atoms with E-state index in [1.54, 1.807) is 0 Å². The summed E-state index contributed by atoms with van der Waals surface area (Å²) in [5, 5.41) is 0. The van der Waals surface area contributed by atoms with Gasteiger partial charge in [-0.3, -0.25) is 0 Å². The van der Waals surface area contributed by atoms with Crippen LogP contribution in [0.2, 0.25) is 0 Å². The van der Waals surface area contributed by atoms with Crippen LogP contribution in [-0.4, -0.2) is 16.6 Å². The van der Waals surface area contributed by atoms with E-state index in [0.29, 0.717) is 0 Å². The van der Waals surface area contributed by atoms with Crippen LogP contribution >= 0.6 is 16.5 Å². The fourth-order valence-electron chi connectivity index (χ4n) is 0.114. The second-order valence-electron chi connectivity index (χ2n) is 0.852. The van der Waals surface area contributed by atoms with E-state index in [4.69, 9.17) is 9.79 Å². The molecule has 0 rings (SSSR count). The summed E-state index contributed by atoms with van der Waals surface area (Å²) < 4.78 is 27.0. The third-order valence-corrected chi connectivity index (χ3v) is 0.979. The first-order chi connectivity index (χ1) is 4.13. The Morgan fingerprint density at radius 3 is 1.60 bits per heavy atom. The molecule has 0 heterocycles. The second-order valence-corrected chi connectivity index (χ2v) is 2.32. The van der Waals surface area contributed by atoms with Gasteiger partial charge in [-0.05, 0) is 0 Å². The minimum atomic E-state index is -2.75. The summed E-state index contributed by atoms with van der Waals surface area (Å²) in [6, 6.07) is 0. The largest absolute Gasteiger partial charge is 0.697 e. The molecule has 0 aliphatic carbocycles. The van der Waals surface area contributed by atoms with Crippen LogP contribution in [0.25, 0.3) is 0 Å². The average molecular weight is 343 g/mol. The topological polar surface area (TPSA) is 93.1 Å². The molecule has 2 N–H and O–H groups in total. The maximum Gasteiger partial charge on any atom is 0.697 e. The molecule has 0 saturated carbocycles. The predicted molar refractivity (Wildman–Crippen MR) is 26.7 cm³/mol. The molecule has 0 aromatic carbocycles. The molecular weight excluding hydrogens is 339 g/mol. The van der Waals surface area contributed by atoms with Crippen molar-refractivity contribution in [3.05, 3.63) is 0 Å². The molecule has 0 spiro atoms. The van der Waals surface area contributed by atoms with Gasteiger partial charge in [-0.15, -0.1) is 9.79 Å². The summed E-state index contributed by atoms with van der Waals surface area (Å²) in [7, 11) is -5.49. The van der Waals surface area contributed by atoms with Crippen molar-refractivity contribution in [3.63, 3.8) is 0 Å². The molecule has 2 atom stereocenters. The smallest absolute Gasteiger partial charge is 0.133 e. The molecule has 0 bridgehead atoms. The maximum absolute atomic E-state index is 9.65. The summed E-state index contributed by atoms with van der Waals surface area (Å²) in [5.74, 6) is 0. The molecule has 0 aliphatic heterocycles. The van der Waals surface area contributed by atoms with Crippen molar-refractivity contribution in [2.24, 2.45) is 0 Å². The van der Waals surface area contributed by atoms with Crippen LogP contribution < -0.4 is 0 Å². The van der Waals surface area contributed by atoms with Crippen LogP contribution in [0.15, 0.2) is 0 Å². The Labute approximate surface area is 87.6 Å². The van der Waals surface area contributed by atoms with Crippen molar-refractivity contribution in [1.29, 1.82) is 0 Å². The third-order valence-electron chi connectivity index (χ3n) is 0.326. The van der Waals surface area contributed by atoms with E-state index in [0.717, 1.165) is 0 Å². The van der Waals surface area contributed by atoms with Gasteiger partial charge in [-0.1, -0.05) is 9.05 Å². The minimum absolute atomic E-state index is 0. The fourth-order valence-corrected chi connectivity index (χ4v) is 0.483. The molecule has 1 radical (unpaired) electrons. The van der Waals surface area contributed by atoms with E-state index in [9.17, 15) is 9.13 Å².